The van der Waals surface area contributed by atoms with E-state index >= 15 is 0 Å². The van der Waals surface area contributed by atoms with Gasteiger partial charge >= 0.3 is 0 Å². The van der Waals surface area contributed by atoms with Gasteiger partial charge in [-0.05, 0) is 30.7 Å². The number of carbonyl (C=O) groups excluding carboxylic acids is 1. The minimum atomic E-state index is -0.729. The van der Waals surface area contributed by atoms with Crippen LogP contribution in [0.4, 0.5) is 0 Å². The van der Waals surface area contributed by atoms with Crippen LogP contribution in [0.15, 0.2) is 60.3 Å². The first-order valence-corrected chi connectivity index (χ1v) is 8.28. The second kappa shape index (κ2) is 7.58. The molecule has 5 heteroatoms. The Morgan fingerprint density at radius 2 is 1.96 bits per heavy atom. The topological polar surface area (TPSA) is 81.0 Å². The van der Waals surface area contributed by atoms with E-state index in [0.717, 1.165) is 27.8 Å². The number of carbonyl (C=O) groups is 1. The predicted octanol–water partition coefficient (Wildman–Crippen LogP) is 3.42. The minimum absolute atomic E-state index is 0.0657. The summed E-state index contributed by atoms with van der Waals surface area (Å²) < 4.78 is 7.93. The van der Waals surface area contributed by atoms with E-state index in [1.165, 1.54) is 6.08 Å². The molecule has 1 heterocycles. The fourth-order valence-electron chi connectivity index (χ4n) is 2.86. The van der Waals surface area contributed by atoms with Crippen molar-refractivity contribution in [3.8, 4) is 11.8 Å². The van der Waals surface area contributed by atoms with E-state index in [1.54, 1.807) is 0 Å². The van der Waals surface area contributed by atoms with E-state index in [4.69, 9.17) is 15.7 Å². The van der Waals surface area contributed by atoms with Crippen LogP contribution in [-0.2, 0) is 11.3 Å². The summed E-state index contributed by atoms with van der Waals surface area (Å²) in [5.74, 6) is 0.136. The van der Waals surface area contributed by atoms with Gasteiger partial charge in [-0.1, -0.05) is 36.4 Å². The van der Waals surface area contributed by atoms with Gasteiger partial charge in [-0.2, -0.15) is 5.26 Å². The molecule has 0 radical (unpaired) electrons. The normalized spacial score (nSPS) is 11.3. The van der Waals surface area contributed by atoms with Crippen molar-refractivity contribution >= 4 is 22.9 Å². The number of aromatic nitrogens is 1. The fourth-order valence-corrected chi connectivity index (χ4v) is 2.86. The van der Waals surface area contributed by atoms with Crippen LogP contribution in [-0.4, -0.2) is 17.1 Å². The second-order valence-electron chi connectivity index (χ2n) is 5.94. The van der Waals surface area contributed by atoms with Gasteiger partial charge in [0.05, 0.1) is 6.54 Å². The largest absolute Gasteiger partial charge is 0.491 e. The highest BCUT2D eigenvalue weighted by Crippen LogP contribution is 2.24. The SMILES string of the molecule is Cc1ccccc1OCCn1cc(/C=C(\C#N)C(N)=O)c2ccccc21. The highest BCUT2D eigenvalue weighted by atomic mass is 16.5. The third-order valence-corrected chi connectivity index (χ3v) is 4.19. The molecule has 0 saturated carbocycles. The molecular formula is C21H19N3O2. The Hall–Kier alpha value is -3.52. The lowest BCUT2D eigenvalue weighted by molar-refractivity contribution is -0.114. The van der Waals surface area contributed by atoms with Gasteiger partial charge in [0, 0.05) is 22.7 Å². The maximum atomic E-state index is 11.3. The van der Waals surface area contributed by atoms with Crippen LogP contribution in [0.3, 0.4) is 0 Å². The molecule has 0 aliphatic rings. The first-order chi connectivity index (χ1) is 12.6. The highest BCUT2D eigenvalue weighted by molar-refractivity contribution is 6.03. The van der Waals surface area contributed by atoms with E-state index in [9.17, 15) is 4.79 Å². The average molecular weight is 345 g/mol. The molecule has 0 bridgehead atoms. The maximum absolute atomic E-state index is 11.3. The lowest BCUT2D eigenvalue weighted by Crippen LogP contribution is -2.12. The summed E-state index contributed by atoms with van der Waals surface area (Å²) in [4.78, 5) is 11.3. The molecule has 0 unspecified atom stereocenters. The van der Waals surface area contributed by atoms with Gasteiger partial charge in [0.2, 0.25) is 0 Å². The zero-order valence-electron chi connectivity index (χ0n) is 14.5. The predicted molar refractivity (Wildman–Crippen MR) is 101 cm³/mol. The molecule has 3 rings (SSSR count). The van der Waals surface area contributed by atoms with Crippen molar-refractivity contribution in [2.45, 2.75) is 13.5 Å². The second-order valence-corrected chi connectivity index (χ2v) is 5.94. The van der Waals surface area contributed by atoms with Crippen LogP contribution in [0.5, 0.6) is 5.75 Å². The molecule has 0 aliphatic carbocycles. The van der Waals surface area contributed by atoms with Gasteiger partial charge in [-0.3, -0.25) is 4.79 Å². The lowest BCUT2D eigenvalue weighted by Gasteiger charge is -2.10. The quantitative estimate of drug-likeness (QED) is 0.549. The summed E-state index contributed by atoms with van der Waals surface area (Å²) in [7, 11) is 0. The van der Waals surface area contributed by atoms with Crippen LogP contribution in [0, 0.1) is 18.3 Å². The number of primary amides is 1. The fraction of sp³-hybridized carbons (Fsp3) is 0.143. The van der Waals surface area contributed by atoms with Crippen molar-refractivity contribution in [1.82, 2.24) is 4.57 Å². The molecule has 130 valence electrons. The number of nitriles is 1. The zero-order chi connectivity index (χ0) is 18.5. The number of ether oxygens (including phenoxy) is 1. The number of hydrogen-bond donors (Lipinski definition) is 1. The van der Waals surface area contributed by atoms with E-state index in [-0.39, 0.29) is 5.57 Å². The Bertz CT molecular complexity index is 1030. The molecule has 0 aliphatic heterocycles. The Morgan fingerprint density at radius 1 is 1.23 bits per heavy atom. The van der Waals surface area contributed by atoms with Crippen molar-refractivity contribution in [1.29, 1.82) is 5.26 Å². The summed E-state index contributed by atoms with van der Waals surface area (Å²) >= 11 is 0. The summed E-state index contributed by atoms with van der Waals surface area (Å²) in [6, 6.07) is 17.6. The van der Waals surface area contributed by atoms with Crippen molar-refractivity contribution in [3.05, 3.63) is 71.4 Å². The number of benzene rings is 2. The Morgan fingerprint density at radius 3 is 2.69 bits per heavy atom. The Kier molecular flexibility index (Phi) is 5.04. The third kappa shape index (κ3) is 3.60. The Balaban J connectivity index is 1.86. The van der Waals surface area contributed by atoms with Gasteiger partial charge in [-0.15, -0.1) is 0 Å². The van der Waals surface area contributed by atoms with Gasteiger partial charge in [-0.25, -0.2) is 0 Å². The number of para-hydroxylation sites is 2. The van der Waals surface area contributed by atoms with Crippen LogP contribution in [0.25, 0.3) is 17.0 Å². The van der Waals surface area contributed by atoms with E-state index in [1.807, 2.05) is 67.7 Å². The van der Waals surface area contributed by atoms with E-state index in [0.29, 0.717) is 13.2 Å². The standard InChI is InChI=1S/C21H19N3O2/c1-15-6-2-5-9-20(15)26-11-10-24-14-17(12-16(13-22)21(23)25)18-7-3-4-8-19(18)24/h2-9,12,14H,10-11H2,1H3,(H2,23,25)/b16-12+. The Labute approximate surface area is 151 Å². The van der Waals surface area contributed by atoms with Crippen LogP contribution in [0.1, 0.15) is 11.1 Å². The van der Waals surface area contributed by atoms with Gasteiger partial charge < -0.3 is 15.0 Å². The minimum Gasteiger partial charge on any atom is -0.491 e. The number of rotatable bonds is 6. The lowest BCUT2D eigenvalue weighted by atomic mass is 10.1. The molecule has 0 spiro atoms. The van der Waals surface area contributed by atoms with Crippen LogP contribution in [0.2, 0.25) is 0 Å². The summed E-state index contributed by atoms with van der Waals surface area (Å²) in [5.41, 5.74) is 8.07. The van der Waals surface area contributed by atoms with Crippen LogP contribution < -0.4 is 10.5 Å². The maximum Gasteiger partial charge on any atom is 0.259 e. The molecular weight excluding hydrogens is 326 g/mol. The van der Waals surface area contributed by atoms with Gasteiger partial charge in [0.25, 0.3) is 5.91 Å². The number of amides is 1. The monoisotopic (exact) mass is 345 g/mol. The van der Waals surface area contributed by atoms with Crippen molar-refractivity contribution in [3.63, 3.8) is 0 Å². The molecule has 2 N–H and O–H groups in total. The van der Waals surface area contributed by atoms with E-state index < -0.39 is 5.91 Å². The summed E-state index contributed by atoms with van der Waals surface area (Å²) in [5, 5.41) is 10.0. The zero-order valence-corrected chi connectivity index (χ0v) is 14.5. The third-order valence-electron chi connectivity index (χ3n) is 4.19. The van der Waals surface area contributed by atoms with Gasteiger partial charge in [0.15, 0.2) is 0 Å². The van der Waals surface area contributed by atoms with Gasteiger partial charge in [0.1, 0.15) is 24.0 Å². The molecule has 0 saturated heterocycles. The number of nitrogens with zero attached hydrogens (tertiary/aromatic N) is 2. The first-order valence-electron chi connectivity index (χ1n) is 8.28. The van der Waals surface area contributed by atoms with Crippen molar-refractivity contribution < 1.29 is 9.53 Å². The highest BCUT2D eigenvalue weighted by Gasteiger charge is 2.10. The molecule has 0 fully saturated rings. The summed E-state index contributed by atoms with van der Waals surface area (Å²) in [6.45, 7) is 3.16. The van der Waals surface area contributed by atoms with Crippen molar-refractivity contribution in [2.75, 3.05) is 6.61 Å². The molecule has 2 aromatic carbocycles. The van der Waals surface area contributed by atoms with Crippen molar-refractivity contribution in [2.24, 2.45) is 5.73 Å². The molecule has 3 aromatic rings. The first kappa shape index (κ1) is 17.3. The number of aryl methyl sites for hydroxylation is 1. The number of nitrogens with two attached hydrogens (primary N) is 1. The number of hydrogen-bond acceptors (Lipinski definition) is 3. The molecule has 26 heavy (non-hydrogen) atoms. The number of fused-ring (bicyclic) bond motifs is 1. The average Bonchev–Trinajstić information content (AvgIpc) is 2.99. The molecule has 5 nitrogen and oxygen atoms in total. The molecule has 1 aromatic heterocycles. The van der Waals surface area contributed by atoms with Crippen LogP contribution >= 0.6 is 0 Å². The van der Waals surface area contributed by atoms with E-state index in [2.05, 4.69) is 4.57 Å². The smallest absolute Gasteiger partial charge is 0.259 e. The molecule has 1 amide bonds. The summed E-state index contributed by atoms with van der Waals surface area (Å²) in [6.07, 6.45) is 3.44. The molecule has 0 atom stereocenters.